The molecule has 0 saturated carbocycles. The van der Waals surface area contributed by atoms with Gasteiger partial charge in [-0.15, -0.1) is 11.8 Å². The number of carbonyl (C=O) groups excluding carboxylic acids is 2. The van der Waals surface area contributed by atoms with Crippen molar-refractivity contribution < 1.29 is 19.1 Å². The molecule has 1 rings (SSSR count). The summed E-state index contributed by atoms with van der Waals surface area (Å²) in [6.07, 6.45) is 0. The summed E-state index contributed by atoms with van der Waals surface area (Å²) in [5.41, 5.74) is 1.05. The molecule has 5 heteroatoms. The van der Waals surface area contributed by atoms with Crippen LogP contribution in [0.2, 0.25) is 0 Å². The van der Waals surface area contributed by atoms with Gasteiger partial charge in [-0.3, -0.25) is 9.59 Å². The van der Waals surface area contributed by atoms with Gasteiger partial charge in [0.15, 0.2) is 5.25 Å². The molecular weight excluding hydrogens is 264 g/mol. The van der Waals surface area contributed by atoms with E-state index in [1.165, 1.54) is 11.8 Å². The van der Waals surface area contributed by atoms with Crippen LogP contribution in [0.25, 0.3) is 0 Å². The highest BCUT2D eigenvalue weighted by atomic mass is 32.2. The average molecular weight is 282 g/mol. The Morgan fingerprint density at radius 2 is 1.58 bits per heavy atom. The molecule has 0 unspecified atom stereocenters. The highest BCUT2D eigenvalue weighted by molar-refractivity contribution is 8.00. The maximum atomic E-state index is 11.7. The summed E-state index contributed by atoms with van der Waals surface area (Å²) in [4.78, 5) is 23.5. The van der Waals surface area contributed by atoms with Gasteiger partial charge in [-0.2, -0.15) is 0 Å². The van der Waals surface area contributed by atoms with E-state index in [0.717, 1.165) is 5.56 Å². The Morgan fingerprint density at radius 3 is 2.05 bits per heavy atom. The second kappa shape index (κ2) is 8.58. The second-order valence-electron chi connectivity index (χ2n) is 3.68. The molecule has 0 aliphatic heterocycles. The normalized spacial score (nSPS) is 10.3. The Morgan fingerprint density at radius 1 is 1.05 bits per heavy atom. The summed E-state index contributed by atoms with van der Waals surface area (Å²) >= 11 is 1.22. The lowest BCUT2D eigenvalue weighted by Gasteiger charge is -2.13. The number of rotatable bonds is 7. The Kier molecular flexibility index (Phi) is 7.03. The molecule has 0 aliphatic carbocycles. The maximum Gasteiger partial charge on any atom is 0.330 e. The van der Waals surface area contributed by atoms with E-state index in [0.29, 0.717) is 5.75 Å². The Labute approximate surface area is 117 Å². The van der Waals surface area contributed by atoms with Gasteiger partial charge in [-0.1, -0.05) is 30.3 Å². The second-order valence-corrected chi connectivity index (χ2v) is 4.77. The minimum absolute atomic E-state index is 0.251. The van der Waals surface area contributed by atoms with Crippen molar-refractivity contribution in [3.63, 3.8) is 0 Å². The molecule has 4 nitrogen and oxygen atoms in total. The molecule has 104 valence electrons. The SMILES string of the molecule is CCOC(=O)C(SCc1ccccc1)C(=O)OCC. The van der Waals surface area contributed by atoms with Crippen LogP contribution in [0, 0.1) is 0 Å². The van der Waals surface area contributed by atoms with E-state index in [1.807, 2.05) is 30.3 Å². The molecule has 0 atom stereocenters. The van der Waals surface area contributed by atoms with E-state index >= 15 is 0 Å². The minimum Gasteiger partial charge on any atom is -0.465 e. The molecule has 0 heterocycles. The van der Waals surface area contributed by atoms with Gasteiger partial charge >= 0.3 is 11.9 Å². The number of thioether (sulfide) groups is 1. The van der Waals surface area contributed by atoms with Gasteiger partial charge in [-0.25, -0.2) is 0 Å². The molecular formula is C14H18O4S. The van der Waals surface area contributed by atoms with E-state index < -0.39 is 17.2 Å². The van der Waals surface area contributed by atoms with Gasteiger partial charge in [0, 0.05) is 5.75 Å². The van der Waals surface area contributed by atoms with Crippen LogP contribution >= 0.6 is 11.8 Å². The van der Waals surface area contributed by atoms with Crippen molar-refractivity contribution in [3.8, 4) is 0 Å². The van der Waals surface area contributed by atoms with Crippen molar-refractivity contribution >= 4 is 23.7 Å². The van der Waals surface area contributed by atoms with Gasteiger partial charge in [-0.05, 0) is 19.4 Å². The molecule has 0 saturated heterocycles. The van der Waals surface area contributed by atoms with E-state index in [4.69, 9.17) is 9.47 Å². The number of carbonyl (C=O) groups is 2. The Hall–Kier alpha value is -1.49. The lowest BCUT2D eigenvalue weighted by atomic mass is 10.2. The zero-order valence-corrected chi connectivity index (χ0v) is 11.9. The van der Waals surface area contributed by atoms with Crippen LogP contribution in [0.15, 0.2) is 30.3 Å². The summed E-state index contributed by atoms with van der Waals surface area (Å²) in [7, 11) is 0. The monoisotopic (exact) mass is 282 g/mol. The zero-order chi connectivity index (χ0) is 14.1. The summed E-state index contributed by atoms with van der Waals surface area (Å²) in [5, 5.41) is -0.917. The van der Waals surface area contributed by atoms with Crippen LogP contribution < -0.4 is 0 Å². The summed E-state index contributed by atoms with van der Waals surface area (Å²) < 4.78 is 9.80. The molecule has 0 radical (unpaired) electrons. The minimum atomic E-state index is -0.917. The van der Waals surface area contributed by atoms with Crippen molar-refractivity contribution in [3.05, 3.63) is 35.9 Å². The molecule has 0 aliphatic rings. The maximum absolute atomic E-state index is 11.7. The van der Waals surface area contributed by atoms with E-state index in [1.54, 1.807) is 13.8 Å². The lowest BCUT2D eigenvalue weighted by Crippen LogP contribution is -2.31. The first-order chi connectivity index (χ1) is 9.19. The van der Waals surface area contributed by atoms with E-state index in [9.17, 15) is 9.59 Å². The number of esters is 2. The molecule has 0 N–H and O–H groups in total. The fourth-order valence-corrected chi connectivity index (χ4v) is 2.38. The topological polar surface area (TPSA) is 52.6 Å². The molecule has 1 aromatic carbocycles. The molecule has 0 amide bonds. The van der Waals surface area contributed by atoms with Crippen LogP contribution in [0.4, 0.5) is 0 Å². The molecule has 19 heavy (non-hydrogen) atoms. The van der Waals surface area contributed by atoms with Gasteiger partial charge in [0.2, 0.25) is 0 Å². The summed E-state index contributed by atoms with van der Waals surface area (Å²) in [6, 6.07) is 9.64. The Bertz CT molecular complexity index is 387. The first kappa shape index (κ1) is 15.6. The van der Waals surface area contributed by atoms with Gasteiger partial charge < -0.3 is 9.47 Å². The van der Waals surface area contributed by atoms with Crippen LogP contribution in [0.3, 0.4) is 0 Å². The van der Waals surface area contributed by atoms with Crippen molar-refractivity contribution in [2.45, 2.75) is 24.9 Å². The third kappa shape index (κ3) is 5.34. The highest BCUT2D eigenvalue weighted by Gasteiger charge is 2.29. The van der Waals surface area contributed by atoms with Crippen LogP contribution in [-0.2, 0) is 24.8 Å². The first-order valence-electron chi connectivity index (χ1n) is 6.17. The van der Waals surface area contributed by atoms with Crippen molar-refractivity contribution in [1.82, 2.24) is 0 Å². The molecule has 0 aromatic heterocycles. The van der Waals surface area contributed by atoms with Crippen molar-refractivity contribution in [2.75, 3.05) is 13.2 Å². The largest absolute Gasteiger partial charge is 0.465 e. The van der Waals surface area contributed by atoms with E-state index in [2.05, 4.69) is 0 Å². The van der Waals surface area contributed by atoms with Crippen LogP contribution in [-0.4, -0.2) is 30.4 Å². The lowest BCUT2D eigenvalue weighted by molar-refractivity contribution is -0.152. The third-order valence-corrected chi connectivity index (χ3v) is 3.48. The fraction of sp³-hybridized carbons (Fsp3) is 0.429. The van der Waals surface area contributed by atoms with Crippen LogP contribution in [0.1, 0.15) is 19.4 Å². The zero-order valence-electron chi connectivity index (χ0n) is 11.1. The Balaban J connectivity index is 2.63. The predicted molar refractivity (Wildman–Crippen MR) is 74.8 cm³/mol. The number of ether oxygens (including phenoxy) is 2. The number of benzene rings is 1. The number of hydrogen-bond acceptors (Lipinski definition) is 5. The smallest absolute Gasteiger partial charge is 0.330 e. The predicted octanol–water partition coefficient (Wildman–Crippen LogP) is 2.41. The summed E-state index contributed by atoms with van der Waals surface area (Å²) in [6.45, 7) is 3.92. The highest BCUT2D eigenvalue weighted by Crippen LogP contribution is 2.20. The standard InChI is InChI=1S/C14H18O4S/c1-3-17-13(15)12(14(16)18-4-2)19-10-11-8-6-5-7-9-11/h5-9,12H,3-4,10H2,1-2H3. The van der Waals surface area contributed by atoms with Gasteiger partial charge in [0.1, 0.15) is 0 Å². The van der Waals surface area contributed by atoms with E-state index in [-0.39, 0.29) is 13.2 Å². The average Bonchev–Trinajstić information content (AvgIpc) is 2.41. The summed E-state index contributed by atoms with van der Waals surface area (Å²) in [5.74, 6) is -0.521. The van der Waals surface area contributed by atoms with Gasteiger partial charge in [0.25, 0.3) is 0 Å². The first-order valence-corrected chi connectivity index (χ1v) is 7.22. The molecule has 0 spiro atoms. The third-order valence-electron chi connectivity index (χ3n) is 2.26. The molecule has 0 fully saturated rings. The fourth-order valence-electron chi connectivity index (χ4n) is 1.42. The van der Waals surface area contributed by atoms with Crippen molar-refractivity contribution in [2.24, 2.45) is 0 Å². The van der Waals surface area contributed by atoms with Gasteiger partial charge in [0.05, 0.1) is 13.2 Å². The number of hydrogen-bond donors (Lipinski definition) is 0. The quantitative estimate of drug-likeness (QED) is 0.568. The van der Waals surface area contributed by atoms with Crippen molar-refractivity contribution in [1.29, 1.82) is 0 Å². The molecule has 1 aromatic rings. The van der Waals surface area contributed by atoms with Crippen LogP contribution in [0.5, 0.6) is 0 Å². The molecule has 0 bridgehead atoms.